The van der Waals surface area contributed by atoms with E-state index >= 15 is 0 Å². The normalized spacial score (nSPS) is 10.9. The minimum absolute atomic E-state index is 0.127. The number of carbonyl (C=O) groups is 1. The average molecular weight is 396 g/mol. The molecule has 0 unspecified atom stereocenters. The smallest absolute Gasteiger partial charge is 0.344 e. The summed E-state index contributed by atoms with van der Waals surface area (Å²) in [5.74, 6) is 0.175. The van der Waals surface area contributed by atoms with Gasteiger partial charge in [-0.25, -0.2) is 13.9 Å². The molecule has 0 saturated carbocycles. The lowest BCUT2D eigenvalue weighted by atomic mass is 10.1. The van der Waals surface area contributed by atoms with Crippen LogP contribution in [-0.4, -0.2) is 22.4 Å². The highest BCUT2D eigenvalue weighted by atomic mass is 19.1. The monoisotopic (exact) mass is 396 g/mol. The Morgan fingerprint density at radius 3 is 2.55 bits per heavy atom. The number of hydrogen-bond donors (Lipinski definition) is 0. The van der Waals surface area contributed by atoms with Crippen LogP contribution in [0.25, 0.3) is 5.69 Å². The summed E-state index contributed by atoms with van der Waals surface area (Å²) in [6, 6.07) is 14.5. The fourth-order valence-electron chi connectivity index (χ4n) is 2.70. The molecule has 0 fully saturated rings. The predicted molar refractivity (Wildman–Crippen MR) is 109 cm³/mol. The van der Waals surface area contributed by atoms with Gasteiger partial charge >= 0.3 is 5.97 Å². The van der Waals surface area contributed by atoms with Gasteiger partial charge in [-0.3, -0.25) is 0 Å². The Kier molecular flexibility index (Phi) is 6.65. The van der Waals surface area contributed by atoms with Crippen LogP contribution < -0.4 is 9.47 Å². The molecule has 0 bridgehead atoms. The second kappa shape index (κ2) is 9.37. The Hall–Kier alpha value is -3.15. The highest BCUT2D eigenvalue weighted by molar-refractivity contribution is 5.91. The lowest BCUT2D eigenvalue weighted by molar-refractivity contribution is 0.0723. The second-order valence-corrected chi connectivity index (χ2v) is 7.07. The number of rotatable bonds is 8. The summed E-state index contributed by atoms with van der Waals surface area (Å²) in [7, 11) is 0. The Balaban J connectivity index is 1.81. The van der Waals surface area contributed by atoms with Gasteiger partial charge < -0.3 is 9.47 Å². The molecule has 6 heteroatoms. The molecule has 0 aliphatic carbocycles. The van der Waals surface area contributed by atoms with E-state index in [1.165, 1.54) is 16.8 Å². The number of hydrogen-bond acceptors (Lipinski definition) is 4. The van der Waals surface area contributed by atoms with E-state index in [-0.39, 0.29) is 17.6 Å². The van der Waals surface area contributed by atoms with Crippen molar-refractivity contribution in [2.75, 3.05) is 6.61 Å². The van der Waals surface area contributed by atoms with E-state index < -0.39 is 5.97 Å². The topological polar surface area (TPSA) is 53.4 Å². The number of esters is 1. The van der Waals surface area contributed by atoms with Crippen LogP contribution in [0.2, 0.25) is 0 Å². The highest BCUT2D eigenvalue weighted by Crippen LogP contribution is 2.25. The second-order valence-electron chi connectivity index (χ2n) is 7.07. The van der Waals surface area contributed by atoms with Gasteiger partial charge in [-0.2, -0.15) is 5.10 Å². The molecule has 0 atom stereocenters. The zero-order chi connectivity index (χ0) is 20.8. The summed E-state index contributed by atoms with van der Waals surface area (Å²) >= 11 is 0. The first-order chi connectivity index (χ1) is 14.0. The van der Waals surface area contributed by atoms with E-state index in [9.17, 15) is 9.18 Å². The quantitative estimate of drug-likeness (QED) is 0.371. The van der Waals surface area contributed by atoms with Crippen molar-refractivity contribution >= 4 is 5.97 Å². The van der Waals surface area contributed by atoms with Crippen molar-refractivity contribution < 1.29 is 18.7 Å². The Bertz CT molecular complexity index is 965. The SMILES string of the molecule is CCCCOc1ccc(C(=O)Oc2cc(C(C)C)nn2-c2cccc(F)c2)cc1. The molecule has 0 saturated heterocycles. The molecule has 3 rings (SSSR count). The first-order valence-electron chi connectivity index (χ1n) is 9.79. The van der Waals surface area contributed by atoms with Crippen molar-refractivity contribution in [1.29, 1.82) is 0 Å². The molecule has 5 nitrogen and oxygen atoms in total. The van der Waals surface area contributed by atoms with Crippen LogP contribution in [0, 0.1) is 5.82 Å². The third kappa shape index (κ3) is 5.22. The molecule has 0 N–H and O–H groups in total. The minimum Gasteiger partial charge on any atom is -0.494 e. The van der Waals surface area contributed by atoms with E-state index in [2.05, 4.69) is 12.0 Å². The van der Waals surface area contributed by atoms with Gasteiger partial charge in [0.05, 0.1) is 23.6 Å². The average Bonchev–Trinajstić information content (AvgIpc) is 3.13. The van der Waals surface area contributed by atoms with E-state index in [1.807, 2.05) is 13.8 Å². The van der Waals surface area contributed by atoms with Crippen molar-refractivity contribution in [2.45, 2.75) is 39.5 Å². The van der Waals surface area contributed by atoms with Crippen molar-refractivity contribution in [3.8, 4) is 17.3 Å². The summed E-state index contributed by atoms with van der Waals surface area (Å²) in [5, 5.41) is 4.48. The van der Waals surface area contributed by atoms with Crippen LogP contribution in [0.5, 0.6) is 11.6 Å². The predicted octanol–water partition coefficient (Wildman–Crippen LogP) is 5.53. The number of carbonyl (C=O) groups excluding carboxylic acids is 1. The number of ether oxygens (including phenoxy) is 2. The first-order valence-corrected chi connectivity index (χ1v) is 9.79. The van der Waals surface area contributed by atoms with E-state index in [0.29, 0.717) is 23.6 Å². The van der Waals surface area contributed by atoms with Crippen LogP contribution in [0.15, 0.2) is 54.6 Å². The lowest BCUT2D eigenvalue weighted by Crippen LogP contribution is -2.12. The van der Waals surface area contributed by atoms with Gasteiger partial charge in [0.2, 0.25) is 5.88 Å². The maximum Gasteiger partial charge on any atom is 0.344 e. The molecule has 29 heavy (non-hydrogen) atoms. The lowest BCUT2D eigenvalue weighted by Gasteiger charge is -2.09. The fourth-order valence-corrected chi connectivity index (χ4v) is 2.70. The zero-order valence-electron chi connectivity index (χ0n) is 16.9. The highest BCUT2D eigenvalue weighted by Gasteiger charge is 2.18. The summed E-state index contributed by atoms with van der Waals surface area (Å²) in [5.41, 5.74) is 1.63. The largest absolute Gasteiger partial charge is 0.494 e. The van der Waals surface area contributed by atoms with Gasteiger partial charge in [-0.15, -0.1) is 0 Å². The van der Waals surface area contributed by atoms with Crippen molar-refractivity contribution in [1.82, 2.24) is 9.78 Å². The molecule has 0 spiro atoms. The van der Waals surface area contributed by atoms with Gasteiger partial charge in [0, 0.05) is 6.07 Å². The maximum absolute atomic E-state index is 13.7. The third-order valence-electron chi connectivity index (χ3n) is 4.39. The summed E-state index contributed by atoms with van der Waals surface area (Å²) in [4.78, 5) is 12.6. The first kappa shape index (κ1) is 20.6. The number of nitrogens with zero attached hydrogens (tertiary/aromatic N) is 2. The van der Waals surface area contributed by atoms with Crippen molar-refractivity contribution in [2.24, 2.45) is 0 Å². The summed E-state index contributed by atoms with van der Waals surface area (Å²) < 4.78 is 26.3. The molecular weight excluding hydrogens is 371 g/mol. The Morgan fingerprint density at radius 1 is 1.14 bits per heavy atom. The Morgan fingerprint density at radius 2 is 1.90 bits per heavy atom. The zero-order valence-corrected chi connectivity index (χ0v) is 16.9. The van der Waals surface area contributed by atoms with Gasteiger partial charge in [0.15, 0.2) is 0 Å². The molecule has 3 aromatic rings. The minimum atomic E-state index is -0.516. The van der Waals surface area contributed by atoms with Gasteiger partial charge in [0.25, 0.3) is 0 Å². The summed E-state index contributed by atoms with van der Waals surface area (Å²) in [6.45, 7) is 6.72. The fraction of sp³-hybridized carbons (Fsp3) is 0.304. The molecule has 0 radical (unpaired) electrons. The standard InChI is InChI=1S/C23H25FN2O3/c1-4-5-13-28-20-11-9-17(10-12-20)23(27)29-22-15-21(16(2)3)25-26(22)19-8-6-7-18(24)14-19/h6-12,14-16H,4-5,13H2,1-3H3. The van der Waals surface area contributed by atoms with Crippen molar-refractivity contribution in [3.63, 3.8) is 0 Å². The third-order valence-corrected chi connectivity index (χ3v) is 4.39. The van der Waals surface area contributed by atoms with Crippen molar-refractivity contribution in [3.05, 3.63) is 71.7 Å². The van der Waals surface area contributed by atoms with Gasteiger partial charge in [0.1, 0.15) is 11.6 Å². The number of benzene rings is 2. The van der Waals surface area contributed by atoms with E-state index in [4.69, 9.17) is 9.47 Å². The van der Waals surface area contributed by atoms with E-state index in [1.54, 1.807) is 42.5 Å². The molecule has 1 aromatic heterocycles. The summed E-state index contributed by atoms with van der Waals surface area (Å²) in [6.07, 6.45) is 2.04. The van der Waals surface area contributed by atoms with Crippen LogP contribution in [0.3, 0.4) is 0 Å². The molecule has 0 aliphatic heterocycles. The molecule has 0 aliphatic rings. The molecular formula is C23H25FN2O3. The van der Waals surface area contributed by atoms with Crippen LogP contribution in [0.1, 0.15) is 55.6 Å². The number of unbranched alkanes of at least 4 members (excludes halogenated alkanes) is 1. The molecule has 2 aromatic carbocycles. The van der Waals surface area contributed by atoms with Crippen LogP contribution in [0.4, 0.5) is 4.39 Å². The molecule has 152 valence electrons. The molecule has 1 heterocycles. The number of aromatic nitrogens is 2. The Labute approximate surface area is 170 Å². The van der Waals surface area contributed by atoms with Gasteiger partial charge in [-0.05, 0) is 54.8 Å². The molecule has 0 amide bonds. The maximum atomic E-state index is 13.7. The van der Waals surface area contributed by atoms with Gasteiger partial charge in [-0.1, -0.05) is 33.3 Å². The number of halogens is 1. The van der Waals surface area contributed by atoms with Crippen LogP contribution >= 0.6 is 0 Å². The van der Waals surface area contributed by atoms with E-state index in [0.717, 1.165) is 18.5 Å². The van der Waals surface area contributed by atoms with Crippen LogP contribution in [-0.2, 0) is 0 Å².